The van der Waals surface area contributed by atoms with Crippen molar-refractivity contribution in [2.45, 2.75) is 57.4 Å². The number of nitrogens with one attached hydrogen (secondary N) is 1. The monoisotopic (exact) mass is 262 g/mol. The van der Waals surface area contributed by atoms with Crippen LogP contribution in [-0.2, 0) is 6.42 Å². The molecule has 0 amide bonds. The van der Waals surface area contributed by atoms with Gasteiger partial charge in [0, 0.05) is 12.2 Å². The van der Waals surface area contributed by atoms with E-state index in [1.54, 1.807) is 6.20 Å². The standard InChI is InChI=1S/C15H26N4/c16-15-13(9-6-10-18-15)11-14(19-17)12-7-4-2-1-3-5-8-12/h6,9-10,12,14,19H,1-5,7-8,11,17H2,(H2,16,18). The summed E-state index contributed by atoms with van der Waals surface area (Å²) in [4.78, 5) is 4.15. The van der Waals surface area contributed by atoms with E-state index in [4.69, 9.17) is 11.6 Å². The van der Waals surface area contributed by atoms with Gasteiger partial charge in [0.1, 0.15) is 5.82 Å². The second-order valence-corrected chi connectivity index (χ2v) is 5.63. The number of nitrogen functional groups attached to an aromatic ring is 1. The van der Waals surface area contributed by atoms with Crippen molar-refractivity contribution in [3.63, 3.8) is 0 Å². The van der Waals surface area contributed by atoms with Gasteiger partial charge in [0.25, 0.3) is 0 Å². The molecule has 1 atom stereocenters. The van der Waals surface area contributed by atoms with E-state index in [-0.39, 0.29) is 0 Å². The Kier molecular flexibility index (Phi) is 5.61. The van der Waals surface area contributed by atoms with Crippen LogP contribution in [0.1, 0.15) is 50.5 Å². The van der Waals surface area contributed by atoms with Gasteiger partial charge >= 0.3 is 0 Å². The van der Waals surface area contributed by atoms with E-state index < -0.39 is 0 Å². The summed E-state index contributed by atoms with van der Waals surface area (Å²) in [5, 5.41) is 0. The molecule has 0 bridgehead atoms. The Balaban J connectivity index is 2.00. The van der Waals surface area contributed by atoms with Gasteiger partial charge in [0.2, 0.25) is 0 Å². The second-order valence-electron chi connectivity index (χ2n) is 5.63. The fraction of sp³-hybridized carbons (Fsp3) is 0.667. The molecule has 1 unspecified atom stereocenters. The SMILES string of the molecule is NNC(Cc1cccnc1N)C1CCCCCCC1. The number of nitrogens with zero attached hydrogens (tertiary/aromatic N) is 1. The van der Waals surface area contributed by atoms with E-state index in [9.17, 15) is 0 Å². The Bertz CT molecular complexity index is 372. The largest absolute Gasteiger partial charge is 0.383 e. The second kappa shape index (κ2) is 7.46. The fourth-order valence-corrected chi connectivity index (χ4v) is 3.11. The molecule has 1 fully saturated rings. The Labute approximate surface area is 115 Å². The highest BCUT2D eigenvalue weighted by Gasteiger charge is 2.22. The van der Waals surface area contributed by atoms with Crippen LogP contribution < -0.4 is 17.0 Å². The molecule has 0 aromatic carbocycles. The number of hydrogen-bond donors (Lipinski definition) is 3. The predicted molar refractivity (Wildman–Crippen MR) is 79.3 cm³/mol. The summed E-state index contributed by atoms with van der Waals surface area (Å²) in [6, 6.07) is 4.30. The number of pyridine rings is 1. The van der Waals surface area contributed by atoms with E-state index >= 15 is 0 Å². The van der Waals surface area contributed by atoms with Gasteiger partial charge in [-0.05, 0) is 36.8 Å². The highest BCUT2D eigenvalue weighted by Crippen LogP contribution is 2.26. The quantitative estimate of drug-likeness (QED) is 0.575. The van der Waals surface area contributed by atoms with E-state index in [1.165, 1.54) is 44.9 Å². The number of hydrazine groups is 1. The summed E-state index contributed by atoms with van der Waals surface area (Å²) in [7, 11) is 0. The molecule has 1 aromatic rings. The van der Waals surface area contributed by atoms with Crippen LogP contribution in [0.3, 0.4) is 0 Å². The van der Waals surface area contributed by atoms with Crippen molar-refractivity contribution in [3.8, 4) is 0 Å². The number of rotatable bonds is 4. The van der Waals surface area contributed by atoms with Crippen LogP contribution in [0.25, 0.3) is 0 Å². The first-order valence-corrected chi connectivity index (χ1v) is 7.46. The molecule has 0 spiro atoms. The Morgan fingerprint density at radius 1 is 1.21 bits per heavy atom. The lowest BCUT2D eigenvalue weighted by Gasteiger charge is -2.28. The molecule has 0 aliphatic heterocycles. The smallest absolute Gasteiger partial charge is 0.126 e. The minimum atomic E-state index is 0.310. The third kappa shape index (κ3) is 4.18. The first-order chi connectivity index (χ1) is 9.31. The molecule has 4 heteroatoms. The van der Waals surface area contributed by atoms with E-state index in [0.717, 1.165) is 12.0 Å². The van der Waals surface area contributed by atoms with E-state index in [2.05, 4.69) is 16.5 Å². The summed E-state index contributed by atoms with van der Waals surface area (Å²) in [5.74, 6) is 7.07. The molecule has 1 aliphatic rings. The summed E-state index contributed by atoms with van der Waals surface area (Å²) < 4.78 is 0. The molecule has 4 nitrogen and oxygen atoms in total. The Morgan fingerprint density at radius 3 is 2.53 bits per heavy atom. The molecule has 19 heavy (non-hydrogen) atoms. The van der Waals surface area contributed by atoms with Crippen molar-refractivity contribution in [1.82, 2.24) is 10.4 Å². The van der Waals surface area contributed by atoms with E-state index in [0.29, 0.717) is 17.8 Å². The van der Waals surface area contributed by atoms with Gasteiger partial charge in [-0.15, -0.1) is 0 Å². The number of nitrogens with two attached hydrogens (primary N) is 2. The molecule has 5 N–H and O–H groups in total. The molecular formula is C15H26N4. The molecule has 1 saturated carbocycles. The lowest BCUT2D eigenvalue weighted by molar-refractivity contribution is 0.285. The van der Waals surface area contributed by atoms with Crippen LogP contribution in [0.15, 0.2) is 18.3 Å². The van der Waals surface area contributed by atoms with Crippen molar-refractivity contribution in [3.05, 3.63) is 23.9 Å². The van der Waals surface area contributed by atoms with Gasteiger partial charge in [-0.1, -0.05) is 38.2 Å². The predicted octanol–water partition coefficient (Wildman–Crippen LogP) is 2.40. The fourth-order valence-electron chi connectivity index (χ4n) is 3.11. The Morgan fingerprint density at radius 2 is 1.89 bits per heavy atom. The average Bonchev–Trinajstić information content (AvgIpc) is 2.38. The van der Waals surface area contributed by atoms with Crippen LogP contribution in [0.2, 0.25) is 0 Å². The third-order valence-electron chi connectivity index (χ3n) is 4.30. The van der Waals surface area contributed by atoms with Crippen molar-refractivity contribution >= 4 is 5.82 Å². The molecular weight excluding hydrogens is 236 g/mol. The van der Waals surface area contributed by atoms with E-state index in [1.807, 2.05) is 6.07 Å². The first kappa shape index (κ1) is 14.3. The minimum Gasteiger partial charge on any atom is -0.383 e. The van der Waals surface area contributed by atoms with Crippen LogP contribution in [-0.4, -0.2) is 11.0 Å². The van der Waals surface area contributed by atoms with Crippen molar-refractivity contribution in [2.75, 3.05) is 5.73 Å². The van der Waals surface area contributed by atoms with Gasteiger partial charge in [-0.25, -0.2) is 4.98 Å². The van der Waals surface area contributed by atoms with Crippen LogP contribution >= 0.6 is 0 Å². The minimum absolute atomic E-state index is 0.310. The zero-order chi connectivity index (χ0) is 13.5. The van der Waals surface area contributed by atoms with Gasteiger partial charge in [0.05, 0.1) is 0 Å². The number of aromatic nitrogens is 1. The topological polar surface area (TPSA) is 77.0 Å². The van der Waals surface area contributed by atoms with Crippen LogP contribution in [0.4, 0.5) is 5.82 Å². The molecule has 1 aliphatic carbocycles. The van der Waals surface area contributed by atoms with Crippen molar-refractivity contribution in [2.24, 2.45) is 11.8 Å². The first-order valence-electron chi connectivity index (χ1n) is 7.46. The highest BCUT2D eigenvalue weighted by atomic mass is 15.2. The van der Waals surface area contributed by atoms with Gasteiger partial charge in [-0.2, -0.15) is 0 Å². The molecule has 0 saturated heterocycles. The van der Waals surface area contributed by atoms with Gasteiger partial charge in [-0.3, -0.25) is 11.3 Å². The summed E-state index contributed by atoms with van der Waals surface area (Å²) in [6.07, 6.45) is 11.9. The zero-order valence-corrected chi connectivity index (χ0v) is 11.6. The lowest BCUT2D eigenvalue weighted by atomic mass is 9.83. The summed E-state index contributed by atoms with van der Waals surface area (Å²) in [6.45, 7) is 0. The normalized spacial score (nSPS) is 19.6. The maximum Gasteiger partial charge on any atom is 0.126 e. The summed E-state index contributed by atoms with van der Waals surface area (Å²) in [5.41, 5.74) is 10.0. The van der Waals surface area contributed by atoms with Crippen molar-refractivity contribution in [1.29, 1.82) is 0 Å². The average molecular weight is 262 g/mol. The van der Waals surface area contributed by atoms with Gasteiger partial charge < -0.3 is 5.73 Å². The zero-order valence-electron chi connectivity index (χ0n) is 11.6. The number of hydrogen-bond acceptors (Lipinski definition) is 4. The van der Waals surface area contributed by atoms with Crippen LogP contribution in [0.5, 0.6) is 0 Å². The number of anilines is 1. The molecule has 106 valence electrons. The van der Waals surface area contributed by atoms with Crippen LogP contribution in [0, 0.1) is 5.92 Å². The maximum atomic E-state index is 5.93. The van der Waals surface area contributed by atoms with Crippen molar-refractivity contribution < 1.29 is 0 Å². The summed E-state index contributed by atoms with van der Waals surface area (Å²) >= 11 is 0. The third-order valence-corrected chi connectivity index (χ3v) is 4.30. The molecule has 1 aromatic heterocycles. The van der Waals surface area contributed by atoms with Gasteiger partial charge in [0.15, 0.2) is 0 Å². The molecule has 0 radical (unpaired) electrons. The maximum absolute atomic E-state index is 5.93. The molecule has 1 heterocycles. The molecule has 2 rings (SSSR count). The Hall–Kier alpha value is -1.13. The lowest BCUT2D eigenvalue weighted by Crippen LogP contribution is -2.42. The highest BCUT2D eigenvalue weighted by molar-refractivity contribution is 5.38.